The molecule has 0 aromatic heterocycles. The van der Waals surface area contributed by atoms with E-state index in [0.717, 1.165) is 28.5 Å². The maximum atomic E-state index is 9.08. The van der Waals surface area contributed by atoms with E-state index in [9.17, 15) is 0 Å². The summed E-state index contributed by atoms with van der Waals surface area (Å²) in [5.41, 5.74) is 0. The van der Waals surface area contributed by atoms with E-state index < -0.39 is 5.96 Å². The van der Waals surface area contributed by atoms with Crippen molar-refractivity contribution in [1.29, 1.82) is 5.26 Å². The molecule has 3 aromatic rings. The predicted octanol–water partition coefficient (Wildman–Crippen LogP) is 4.97. The van der Waals surface area contributed by atoms with Crippen molar-refractivity contribution in [1.82, 2.24) is 0 Å². The van der Waals surface area contributed by atoms with Crippen LogP contribution in [0.2, 0.25) is 0 Å². The van der Waals surface area contributed by atoms with Crippen LogP contribution in [0.3, 0.4) is 0 Å². The van der Waals surface area contributed by atoms with E-state index in [1.807, 2.05) is 18.2 Å². The van der Waals surface area contributed by atoms with E-state index in [1.165, 1.54) is 0 Å². The fourth-order valence-corrected chi connectivity index (χ4v) is 9.68. The minimum absolute atomic E-state index is 0.511. The molecule has 0 fully saturated rings. The van der Waals surface area contributed by atoms with E-state index in [-0.39, 0.29) is 0 Å². The Labute approximate surface area is 154 Å². The summed E-state index contributed by atoms with van der Waals surface area (Å²) in [4.78, 5) is 0. The molecule has 3 aromatic carbocycles. The van der Waals surface area contributed by atoms with E-state index in [1.54, 1.807) is 0 Å². The standard InChI is InChI=1S/C22H21ClNP/c23-25(19-11-10-18-24,20-12-4-1-5-13-20,21-14-6-2-7-15-21)22-16-8-3-9-17-22/h1-9,12-17H,10-11,19H2. The summed E-state index contributed by atoms with van der Waals surface area (Å²) in [6.07, 6.45) is 2.06. The molecule has 0 heterocycles. The molecule has 0 radical (unpaired) electrons. The van der Waals surface area contributed by atoms with E-state index >= 15 is 0 Å². The van der Waals surface area contributed by atoms with Crippen LogP contribution in [0.4, 0.5) is 0 Å². The van der Waals surface area contributed by atoms with Gasteiger partial charge in [0, 0.05) is 0 Å². The molecule has 0 saturated heterocycles. The molecular formula is C22H21ClNP. The third-order valence-corrected chi connectivity index (χ3v) is 12.3. The van der Waals surface area contributed by atoms with E-state index in [0.29, 0.717) is 6.42 Å². The van der Waals surface area contributed by atoms with Crippen molar-refractivity contribution in [2.75, 3.05) is 6.16 Å². The molecule has 0 atom stereocenters. The third kappa shape index (κ3) is 3.09. The fraction of sp³-hybridized carbons (Fsp3) is 0.136. The van der Waals surface area contributed by atoms with Gasteiger partial charge in [-0.1, -0.05) is 0 Å². The van der Waals surface area contributed by atoms with Crippen molar-refractivity contribution >= 4 is 33.1 Å². The Morgan fingerprint density at radius 3 is 1.36 bits per heavy atom. The van der Waals surface area contributed by atoms with Crippen LogP contribution in [0, 0.1) is 11.3 Å². The molecule has 1 nitrogen and oxygen atoms in total. The van der Waals surface area contributed by atoms with Crippen molar-refractivity contribution in [3.05, 3.63) is 91.0 Å². The molecule has 0 aliphatic carbocycles. The van der Waals surface area contributed by atoms with Crippen LogP contribution >= 0.6 is 17.2 Å². The van der Waals surface area contributed by atoms with Crippen LogP contribution < -0.4 is 15.9 Å². The van der Waals surface area contributed by atoms with Crippen molar-refractivity contribution in [3.63, 3.8) is 0 Å². The SMILES string of the molecule is N#CCCCP(Cl)(c1ccccc1)(c1ccccc1)c1ccccc1. The molecular weight excluding hydrogens is 345 g/mol. The summed E-state index contributed by atoms with van der Waals surface area (Å²) >= 11 is 7.83. The van der Waals surface area contributed by atoms with Gasteiger partial charge in [0.15, 0.2) is 0 Å². The molecule has 25 heavy (non-hydrogen) atoms. The number of hydrogen-bond acceptors (Lipinski definition) is 1. The molecule has 0 spiro atoms. The Bertz CT molecular complexity index is 757. The number of benzene rings is 3. The van der Waals surface area contributed by atoms with Crippen molar-refractivity contribution < 1.29 is 0 Å². The first kappa shape index (κ1) is 17.7. The summed E-state index contributed by atoms with van der Waals surface area (Å²) in [5, 5.41) is 12.6. The molecule has 126 valence electrons. The normalized spacial score (nSPS) is 12.7. The second kappa shape index (κ2) is 7.40. The van der Waals surface area contributed by atoms with Gasteiger partial charge in [0.25, 0.3) is 0 Å². The molecule has 3 heteroatoms. The molecule has 0 aliphatic heterocycles. The first-order valence-corrected chi connectivity index (χ1v) is 11.8. The van der Waals surface area contributed by atoms with Gasteiger partial charge in [0.1, 0.15) is 0 Å². The predicted molar refractivity (Wildman–Crippen MR) is 111 cm³/mol. The molecule has 0 amide bonds. The van der Waals surface area contributed by atoms with Crippen molar-refractivity contribution in [2.45, 2.75) is 12.8 Å². The zero-order chi connectivity index (χ0) is 17.6. The number of nitrogens with zero attached hydrogens (tertiary/aromatic N) is 1. The average molecular weight is 366 g/mol. The van der Waals surface area contributed by atoms with Gasteiger partial charge in [-0.25, -0.2) is 0 Å². The first-order valence-electron chi connectivity index (χ1n) is 8.47. The summed E-state index contributed by atoms with van der Waals surface area (Å²) < 4.78 is 0. The number of nitriles is 1. The van der Waals surface area contributed by atoms with Crippen LogP contribution in [-0.2, 0) is 0 Å². The van der Waals surface area contributed by atoms with Gasteiger partial charge in [0.05, 0.1) is 0 Å². The molecule has 0 aliphatic rings. The zero-order valence-electron chi connectivity index (χ0n) is 14.1. The monoisotopic (exact) mass is 365 g/mol. The zero-order valence-corrected chi connectivity index (χ0v) is 15.7. The maximum absolute atomic E-state index is 9.08. The Kier molecular flexibility index (Phi) is 5.24. The summed E-state index contributed by atoms with van der Waals surface area (Å²) in [6.45, 7) is 0. The average Bonchev–Trinajstić information content (AvgIpc) is 2.70. The van der Waals surface area contributed by atoms with Gasteiger partial charge >= 0.3 is 154 Å². The minimum atomic E-state index is -3.15. The van der Waals surface area contributed by atoms with Crippen LogP contribution in [0.5, 0.6) is 0 Å². The Morgan fingerprint density at radius 2 is 1.04 bits per heavy atom. The summed E-state index contributed by atoms with van der Waals surface area (Å²) in [5.74, 6) is -3.15. The second-order valence-electron chi connectivity index (χ2n) is 6.17. The molecule has 3 rings (SSSR count). The molecule has 0 bridgehead atoms. The first-order chi connectivity index (χ1) is 12.2. The van der Waals surface area contributed by atoms with Crippen LogP contribution in [0.1, 0.15) is 12.8 Å². The Balaban J connectivity index is 2.34. The van der Waals surface area contributed by atoms with Crippen LogP contribution in [0.25, 0.3) is 0 Å². The molecule has 0 unspecified atom stereocenters. The van der Waals surface area contributed by atoms with E-state index in [2.05, 4.69) is 78.9 Å². The molecule has 0 N–H and O–H groups in total. The van der Waals surface area contributed by atoms with Gasteiger partial charge < -0.3 is 0 Å². The van der Waals surface area contributed by atoms with Crippen LogP contribution in [0.15, 0.2) is 91.0 Å². The number of rotatable bonds is 6. The third-order valence-electron chi connectivity index (χ3n) is 4.75. The van der Waals surface area contributed by atoms with Crippen LogP contribution in [-0.4, -0.2) is 6.16 Å². The van der Waals surface area contributed by atoms with Gasteiger partial charge in [0.2, 0.25) is 0 Å². The van der Waals surface area contributed by atoms with Gasteiger partial charge in [-0.3, -0.25) is 0 Å². The molecule has 0 saturated carbocycles. The summed E-state index contributed by atoms with van der Waals surface area (Å²) in [6, 6.07) is 33.5. The van der Waals surface area contributed by atoms with Crippen molar-refractivity contribution in [3.8, 4) is 6.07 Å². The summed E-state index contributed by atoms with van der Waals surface area (Å²) in [7, 11) is 0. The number of halogens is 1. The van der Waals surface area contributed by atoms with E-state index in [4.69, 9.17) is 16.5 Å². The topological polar surface area (TPSA) is 23.8 Å². The fourth-order valence-electron chi connectivity index (χ4n) is 3.51. The number of hydrogen-bond donors (Lipinski definition) is 0. The van der Waals surface area contributed by atoms with Gasteiger partial charge in [-0.2, -0.15) is 0 Å². The number of unbranched alkanes of at least 4 members (excludes halogenated alkanes) is 1. The van der Waals surface area contributed by atoms with Gasteiger partial charge in [-0.15, -0.1) is 0 Å². The second-order valence-corrected chi connectivity index (χ2v) is 12.8. The quantitative estimate of drug-likeness (QED) is 0.446. The Hall–Kier alpha value is -2.13. The Morgan fingerprint density at radius 1 is 0.680 bits per heavy atom. The van der Waals surface area contributed by atoms with Gasteiger partial charge in [-0.05, 0) is 0 Å². The van der Waals surface area contributed by atoms with Crippen molar-refractivity contribution in [2.24, 2.45) is 0 Å².